The Morgan fingerprint density at radius 3 is 1.04 bits per heavy atom. The second-order valence-corrected chi connectivity index (χ2v) is 6.49. The zero-order valence-corrected chi connectivity index (χ0v) is 21.2. The first-order valence-corrected chi connectivity index (χ1v) is 9.01. The molecular weight excluding hydrogens is 426 g/mol. The van der Waals surface area contributed by atoms with E-state index in [9.17, 15) is 0 Å². The summed E-state index contributed by atoms with van der Waals surface area (Å²) in [5.74, 6) is 1.23. The maximum atomic E-state index is 3.53. The van der Waals surface area contributed by atoms with E-state index in [0.717, 1.165) is 12.8 Å². The van der Waals surface area contributed by atoms with E-state index in [2.05, 4.69) is 67.5 Å². The van der Waals surface area contributed by atoms with Crippen molar-refractivity contribution < 1.29 is 51.0 Å². The molecule has 2 rings (SSSR count). The second kappa shape index (κ2) is 14.5. The minimum absolute atomic E-state index is 0. The number of hydrogen-bond acceptors (Lipinski definition) is 0. The van der Waals surface area contributed by atoms with Crippen LogP contribution in [-0.2, 0) is 26.2 Å². The smallest absolute Gasteiger partial charge is 1.00 e. The Morgan fingerprint density at radius 2 is 0.920 bits per heavy atom. The summed E-state index contributed by atoms with van der Waals surface area (Å²) in [7, 11) is 0. The largest absolute Gasteiger partial charge is 4.00 e. The van der Waals surface area contributed by atoms with Gasteiger partial charge in [0.1, 0.15) is 0 Å². The van der Waals surface area contributed by atoms with Crippen molar-refractivity contribution in [2.45, 2.75) is 81.1 Å². The molecule has 0 aliphatic heterocycles. The fraction of sp³-hybridized carbons (Fsp3) is 0.636. The molecule has 0 radical (unpaired) electrons. The van der Waals surface area contributed by atoms with E-state index in [1.54, 1.807) is 0 Å². The van der Waals surface area contributed by atoms with E-state index < -0.39 is 0 Å². The molecule has 140 valence electrons. The molecule has 25 heavy (non-hydrogen) atoms. The van der Waals surface area contributed by atoms with Crippen molar-refractivity contribution in [1.82, 2.24) is 0 Å². The Morgan fingerprint density at radius 1 is 0.640 bits per heavy atom. The number of rotatable bonds is 4. The summed E-state index contributed by atoms with van der Waals surface area (Å²) in [6, 6.07) is 0. The first kappa shape index (κ1) is 30.2. The van der Waals surface area contributed by atoms with Gasteiger partial charge in [0.25, 0.3) is 0 Å². The van der Waals surface area contributed by atoms with Crippen LogP contribution in [0.1, 0.15) is 81.1 Å². The van der Waals surface area contributed by atoms with Crippen LogP contribution in [0.15, 0.2) is 33.4 Å². The Kier molecular flexibility index (Phi) is 17.5. The average molecular weight is 461 g/mol. The van der Waals surface area contributed by atoms with Crippen LogP contribution < -0.4 is 24.8 Å². The molecule has 0 N–H and O–H groups in total. The van der Waals surface area contributed by atoms with E-state index in [4.69, 9.17) is 0 Å². The van der Waals surface area contributed by atoms with Crippen molar-refractivity contribution >= 4 is 0 Å². The van der Waals surface area contributed by atoms with Gasteiger partial charge in [-0.25, -0.2) is 11.1 Å². The molecule has 2 atom stereocenters. The molecule has 0 saturated carbocycles. The number of allylic oxidation sites excluding steroid dienone is 8. The third kappa shape index (κ3) is 7.52. The van der Waals surface area contributed by atoms with Gasteiger partial charge in [0.2, 0.25) is 0 Å². The summed E-state index contributed by atoms with van der Waals surface area (Å²) in [5.41, 5.74) is 8.91. The van der Waals surface area contributed by atoms with Gasteiger partial charge < -0.3 is 24.8 Å². The van der Waals surface area contributed by atoms with Gasteiger partial charge in [-0.05, 0) is 0 Å². The van der Waals surface area contributed by atoms with Gasteiger partial charge in [0, 0.05) is 0 Å². The molecule has 0 aromatic carbocycles. The molecule has 0 nitrogen and oxygen atoms in total. The van der Waals surface area contributed by atoms with Crippen molar-refractivity contribution in [3.8, 4) is 0 Å². The SMILES string of the molecule is CCC1=[C-]C(CC)C(C)=C1C.CCC1=[C-]C(CC)C(C)=C1C.[Cl-].[Cl-].[Zr+4]. The minimum Gasteiger partial charge on any atom is -1.00 e. The molecule has 0 amide bonds. The van der Waals surface area contributed by atoms with E-state index >= 15 is 0 Å². The molecule has 0 saturated heterocycles. The van der Waals surface area contributed by atoms with Gasteiger partial charge in [-0.2, -0.15) is 22.3 Å². The van der Waals surface area contributed by atoms with Gasteiger partial charge in [0.15, 0.2) is 0 Å². The van der Waals surface area contributed by atoms with E-state index in [1.165, 1.54) is 46.3 Å². The number of halogens is 2. The first-order valence-electron chi connectivity index (χ1n) is 9.01. The Labute approximate surface area is 188 Å². The average Bonchev–Trinajstić information content (AvgIpc) is 2.98. The molecule has 0 heterocycles. The summed E-state index contributed by atoms with van der Waals surface area (Å²) in [6.07, 6.45) is 11.7. The standard InChI is InChI=1S/2C11H17.2ClH.Zr/c2*1-5-10-7-11(6-2)9(4)8(10)3;;;/h2*10H,5-6H2,1-4H3;2*1H;/q2*-1;;;+4/p-2. The quantitative estimate of drug-likeness (QED) is 0.550. The summed E-state index contributed by atoms with van der Waals surface area (Å²) >= 11 is 0. The summed E-state index contributed by atoms with van der Waals surface area (Å²) < 4.78 is 0. The van der Waals surface area contributed by atoms with Crippen LogP contribution in [0.2, 0.25) is 0 Å². The van der Waals surface area contributed by atoms with E-state index in [1.807, 2.05) is 0 Å². The fourth-order valence-corrected chi connectivity index (χ4v) is 3.40. The van der Waals surface area contributed by atoms with Gasteiger partial charge in [0.05, 0.1) is 0 Å². The van der Waals surface area contributed by atoms with Crippen molar-refractivity contribution in [3.05, 3.63) is 45.6 Å². The third-order valence-electron chi connectivity index (χ3n) is 5.35. The minimum atomic E-state index is 0. The topological polar surface area (TPSA) is 0 Å². The molecule has 2 unspecified atom stereocenters. The summed E-state index contributed by atoms with van der Waals surface area (Å²) in [5, 5.41) is 0. The number of hydrogen-bond donors (Lipinski definition) is 0. The van der Waals surface area contributed by atoms with Crippen molar-refractivity contribution in [2.75, 3.05) is 0 Å². The maximum Gasteiger partial charge on any atom is 4.00 e. The monoisotopic (exact) mass is 458 g/mol. The van der Waals surface area contributed by atoms with Crippen LogP contribution >= 0.6 is 0 Å². The predicted molar refractivity (Wildman–Crippen MR) is 98.4 cm³/mol. The molecule has 0 fully saturated rings. The van der Waals surface area contributed by atoms with Crippen LogP contribution in [0.3, 0.4) is 0 Å². The van der Waals surface area contributed by atoms with Crippen LogP contribution in [0.25, 0.3) is 0 Å². The normalized spacial score (nSPS) is 21.4. The summed E-state index contributed by atoms with van der Waals surface area (Å²) in [4.78, 5) is 0. The van der Waals surface area contributed by atoms with Crippen LogP contribution in [0, 0.1) is 24.0 Å². The fourth-order valence-electron chi connectivity index (χ4n) is 3.40. The van der Waals surface area contributed by atoms with Gasteiger partial charge in [-0.1, -0.05) is 79.1 Å². The molecule has 0 spiro atoms. The molecule has 0 bridgehead atoms. The van der Waals surface area contributed by atoms with Gasteiger partial charge in [-0.15, -0.1) is 13.8 Å². The van der Waals surface area contributed by atoms with Crippen molar-refractivity contribution in [3.63, 3.8) is 0 Å². The first-order chi connectivity index (χ1) is 10.4. The van der Waals surface area contributed by atoms with Gasteiger partial charge >= 0.3 is 26.2 Å². The van der Waals surface area contributed by atoms with Crippen LogP contribution in [0.5, 0.6) is 0 Å². The maximum absolute atomic E-state index is 3.53. The molecule has 0 aromatic rings. The van der Waals surface area contributed by atoms with Crippen molar-refractivity contribution in [2.24, 2.45) is 11.8 Å². The van der Waals surface area contributed by atoms with E-state index in [-0.39, 0.29) is 51.0 Å². The molecule has 2 aliphatic rings. The molecule has 3 heteroatoms. The Bertz CT molecular complexity index is 476. The second-order valence-electron chi connectivity index (χ2n) is 6.49. The molecule has 0 aromatic heterocycles. The van der Waals surface area contributed by atoms with E-state index in [0.29, 0.717) is 11.8 Å². The third-order valence-corrected chi connectivity index (χ3v) is 5.35. The van der Waals surface area contributed by atoms with Gasteiger partial charge in [-0.3, -0.25) is 12.2 Å². The Hall–Kier alpha value is 0.423. The zero-order valence-electron chi connectivity index (χ0n) is 17.2. The van der Waals surface area contributed by atoms with Crippen molar-refractivity contribution in [1.29, 1.82) is 0 Å². The summed E-state index contributed by atoms with van der Waals surface area (Å²) in [6.45, 7) is 17.8. The molecular formula is C22H34Cl2Zr. The van der Waals surface area contributed by atoms with Crippen LogP contribution in [0.4, 0.5) is 0 Å². The van der Waals surface area contributed by atoms with Crippen LogP contribution in [-0.4, -0.2) is 0 Å². The molecule has 2 aliphatic carbocycles. The predicted octanol–water partition coefficient (Wildman–Crippen LogP) is 1.01. The zero-order chi connectivity index (χ0) is 16.9. The Balaban J connectivity index is -0.000000346.